The van der Waals surface area contributed by atoms with Crippen LogP contribution in [0.1, 0.15) is 34.0 Å². The lowest BCUT2D eigenvalue weighted by Gasteiger charge is -2.12. The van der Waals surface area contributed by atoms with Gasteiger partial charge in [0.25, 0.3) is 0 Å². The Bertz CT molecular complexity index is 1450. The van der Waals surface area contributed by atoms with Gasteiger partial charge in [0.2, 0.25) is 5.78 Å². The molecule has 1 aliphatic heterocycles. The minimum absolute atomic E-state index is 0.134. The van der Waals surface area contributed by atoms with E-state index in [9.17, 15) is 4.79 Å². The third-order valence-electron chi connectivity index (χ3n) is 6.34. The second kappa shape index (κ2) is 9.22. The summed E-state index contributed by atoms with van der Waals surface area (Å²) in [6, 6.07) is 17.3. The Labute approximate surface area is 204 Å². The van der Waals surface area contributed by atoms with Crippen LogP contribution in [-0.2, 0) is 13.2 Å². The summed E-state index contributed by atoms with van der Waals surface area (Å²) in [6.07, 6.45) is 3.85. The number of hydrogen-bond donors (Lipinski definition) is 0. The number of rotatable bonds is 7. The number of nitrogens with zero attached hydrogens (tertiary/aromatic N) is 1. The molecule has 35 heavy (non-hydrogen) atoms. The molecular formula is C29H27NO5. The number of carbonyl (C=O) groups excluding carboxylic acids is 1. The average molecular weight is 470 g/mol. The molecule has 0 amide bonds. The minimum Gasteiger partial charge on any atom is -0.497 e. The number of hydrogen-bond acceptors (Lipinski definition) is 5. The van der Waals surface area contributed by atoms with Crippen molar-refractivity contribution in [2.24, 2.45) is 0 Å². The normalized spacial score (nSPS) is 13.7. The molecule has 1 aliphatic rings. The van der Waals surface area contributed by atoms with E-state index in [0.717, 1.165) is 45.6 Å². The van der Waals surface area contributed by atoms with Crippen LogP contribution >= 0.6 is 0 Å². The highest BCUT2D eigenvalue weighted by molar-refractivity contribution is 6.15. The highest BCUT2D eigenvalue weighted by atomic mass is 16.5. The summed E-state index contributed by atoms with van der Waals surface area (Å²) >= 11 is 0. The second-order valence-electron chi connectivity index (χ2n) is 8.40. The number of fused-ring (bicyclic) bond motifs is 2. The summed E-state index contributed by atoms with van der Waals surface area (Å²) in [5, 5.41) is 1.01. The first-order valence-corrected chi connectivity index (χ1v) is 11.5. The zero-order chi connectivity index (χ0) is 24.5. The SMILES string of the molecule is CCn1cc(C=C2Oc3c(ccc(OCc4ccc(OC)cc4)c3C)C2=O)c2cc(OC)ccc21. The third-order valence-corrected chi connectivity index (χ3v) is 6.34. The summed E-state index contributed by atoms with van der Waals surface area (Å²) in [6.45, 7) is 5.21. The molecule has 0 spiro atoms. The first-order chi connectivity index (χ1) is 17.0. The predicted octanol–water partition coefficient (Wildman–Crippen LogP) is 6.18. The van der Waals surface area contributed by atoms with Crippen LogP contribution in [0.2, 0.25) is 0 Å². The van der Waals surface area contributed by atoms with Crippen LogP contribution < -0.4 is 18.9 Å². The van der Waals surface area contributed by atoms with Gasteiger partial charge >= 0.3 is 0 Å². The van der Waals surface area contributed by atoms with Gasteiger partial charge in [-0.2, -0.15) is 0 Å². The summed E-state index contributed by atoms with van der Waals surface area (Å²) in [4.78, 5) is 13.2. The number of aromatic nitrogens is 1. The molecule has 1 aromatic heterocycles. The molecule has 5 rings (SSSR count). The van der Waals surface area contributed by atoms with Gasteiger partial charge in [-0.1, -0.05) is 12.1 Å². The molecule has 0 unspecified atom stereocenters. The number of Topliss-reactive ketones (excluding diaryl/α,β-unsaturated/α-hetero) is 1. The molecule has 0 fully saturated rings. The van der Waals surface area contributed by atoms with Crippen molar-refractivity contribution < 1.29 is 23.7 Å². The molecule has 0 bridgehead atoms. The summed E-state index contributed by atoms with van der Waals surface area (Å²) < 4.78 is 24.9. The third kappa shape index (κ3) is 4.12. The molecule has 0 atom stereocenters. The molecule has 2 heterocycles. The van der Waals surface area contributed by atoms with Crippen molar-refractivity contribution in [3.05, 3.63) is 88.8 Å². The van der Waals surface area contributed by atoms with E-state index in [1.54, 1.807) is 20.3 Å². The van der Waals surface area contributed by atoms with E-state index in [1.807, 2.05) is 67.7 Å². The van der Waals surface area contributed by atoms with Gasteiger partial charge in [-0.05, 0) is 68.0 Å². The maximum absolute atomic E-state index is 13.2. The Hall–Kier alpha value is -4.19. The van der Waals surface area contributed by atoms with E-state index in [-0.39, 0.29) is 5.78 Å². The van der Waals surface area contributed by atoms with E-state index in [4.69, 9.17) is 18.9 Å². The molecule has 0 N–H and O–H groups in total. The Balaban J connectivity index is 1.43. The van der Waals surface area contributed by atoms with Crippen LogP contribution in [0, 0.1) is 6.92 Å². The van der Waals surface area contributed by atoms with Gasteiger partial charge in [0.05, 0.1) is 19.8 Å². The monoisotopic (exact) mass is 469 g/mol. The topological polar surface area (TPSA) is 58.9 Å². The van der Waals surface area contributed by atoms with Gasteiger partial charge in [0.15, 0.2) is 5.76 Å². The largest absolute Gasteiger partial charge is 0.497 e. The van der Waals surface area contributed by atoms with E-state index in [2.05, 4.69) is 11.5 Å². The quantitative estimate of drug-likeness (QED) is 0.303. The smallest absolute Gasteiger partial charge is 0.231 e. The van der Waals surface area contributed by atoms with Crippen LogP contribution in [0.3, 0.4) is 0 Å². The van der Waals surface area contributed by atoms with Crippen molar-refractivity contribution in [3.8, 4) is 23.0 Å². The maximum Gasteiger partial charge on any atom is 0.231 e. The van der Waals surface area contributed by atoms with Gasteiger partial charge in [0.1, 0.15) is 29.6 Å². The van der Waals surface area contributed by atoms with Crippen molar-refractivity contribution in [1.29, 1.82) is 0 Å². The first kappa shape index (κ1) is 22.6. The Morgan fingerprint density at radius 1 is 0.971 bits per heavy atom. The van der Waals surface area contributed by atoms with Gasteiger partial charge in [-0.3, -0.25) is 4.79 Å². The number of ether oxygens (including phenoxy) is 4. The number of methoxy groups -OCH3 is 2. The molecule has 3 aromatic carbocycles. The molecule has 0 saturated carbocycles. The van der Waals surface area contributed by atoms with Crippen molar-refractivity contribution >= 4 is 22.8 Å². The number of carbonyl (C=O) groups is 1. The molecule has 6 heteroatoms. The number of allylic oxidation sites excluding steroid dienone is 1. The average Bonchev–Trinajstić information content (AvgIpc) is 3.41. The fourth-order valence-electron chi connectivity index (χ4n) is 4.36. The van der Waals surface area contributed by atoms with Crippen molar-refractivity contribution in [1.82, 2.24) is 4.57 Å². The fourth-order valence-corrected chi connectivity index (χ4v) is 4.36. The maximum atomic E-state index is 13.2. The summed E-state index contributed by atoms with van der Waals surface area (Å²) in [5.41, 5.74) is 4.35. The van der Waals surface area contributed by atoms with Gasteiger partial charge < -0.3 is 23.5 Å². The Kier molecular flexibility index (Phi) is 5.95. The van der Waals surface area contributed by atoms with E-state index < -0.39 is 0 Å². The van der Waals surface area contributed by atoms with E-state index in [1.165, 1.54) is 0 Å². The Morgan fingerprint density at radius 3 is 2.43 bits per heavy atom. The summed E-state index contributed by atoms with van der Waals surface area (Å²) in [5.74, 6) is 2.96. The van der Waals surface area contributed by atoms with Crippen molar-refractivity contribution in [2.75, 3.05) is 14.2 Å². The molecule has 4 aromatic rings. The van der Waals surface area contributed by atoms with Crippen LogP contribution in [0.15, 0.2) is 66.6 Å². The molecular weight excluding hydrogens is 442 g/mol. The lowest BCUT2D eigenvalue weighted by molar-refractivity contribution is 0.101. The van der Waals surface area contributed by atoms with Crippen LogP contribution in [0.4, 0.5) is 0 Å². The molecule has 178 valence electrons. The van der Waals surface area contributed by atoms with Gasteiger partial charge in [0, 0.05) is 34.8 Å². The molecule has 0 saturated heterocycles. The first-order valence-electron chi connectivity index (χ1n) is 11.5. The van der Waals surface area contributed by atoms with Crippen molar-refractivity contribution in [2.45, 2.75) is 27.0 Å². The fraction of sp³-hybridized carbons (Fsp3) is 0.207. The minimum atomic E-state index is -0.134. The standard InChI is InChI=1S/C29H27NO5/c1-5-30-16-20(24-15-22(33-4)10-12-25(24)30)14-27-28(31)23-11-13-26(18(2)29(23)35-27)34-17-19-6-8-21(32-3)9-7-19/h6-16H,5,17H2,1-4H3. The second-order valence-corrected chi connectivity index (χ2v) is 8.40. The van der Waals surface area contributed by atoms with E-state index in [0.29, 0.717) is 29.4 Å². The summed E-state index contributed by atoms with van der Waals surface area (Å²) in [7, 11) is 3.29. The lowest BCUT2D eigenvalue weighted by atomic mass is 10.1. The zero-order valence-corrected chi connectivity index (χ0v) is 20.3. The highest BCUT2D eigenvalue weighted by Gasteiger charge is 2.30. The number of aryl methyl sites for hydroxylation is 1. The highest BCUT2D eigenvalue weighted by Crippen LogP contribution is 2.40. The van der Waals surface area contributed by atoms with Gasteiger partial charge in [-0.25, -0.2) is 0 Å². The van der Waals surface area contributed by atoms with Crippen molar-refractivity contribution in [3.63, 3.8) is 0 Å². The number of ketones is 1. The molecule has 0 aliphatic carbocycles. The van der Waals surface area contributed by atoms with Gasteiger partial charge in [-0.15, -0.1) is 0 Å². The van der Waals surface area contributed by atoms with E-state index >= 15 is 0 Å². The number of benzene rings is 3. The Morgan fingerprint density at radius 2 is 1.71 bits per heavy atom. The van der Waals surface area contributed by atoms with Crippen LogP contribution in [-0.4, -0.2) is 24.6 Å². The molecule has 0 radical (unpaired) electrons. The molecule has 6 nitrogen and oxygen atoms in total. The lowest BCUT2D eigenvalue weighted by Crippen LogP contribution is -1.98. The van der Waals surface area contributed by atoms with Crippen LogP contribution in [0.25, 0.3) is 17.0 Å². The van der Waals surface area contributed by atoms with Crippen LogP contribution in [0.5, 0.6) is 23.0 Å². The zero-order valence-electron chi connectivity index (χ0n) is 20.3. The predicted molar refractivity (Wildman–Crippen MR) is 136 cm³/mol.